The average molecular weight is 428 g/mol. The zero-order chi connectivity index (χ0) is 21.9. The number of halogens is 5. The molecular weight excluding hydrogens is 411 g/mol. The van der Waals surface area contributed by atoms with Crippen LogP contribution in [0.5, 0.6) is 0 Å². The Kier molecular flexibility index (Phi) is 6.18. The van der Waals surface area contributed by atoms with Gasteiger partial charge in [-0.3, -0.25) is 14.3 Å². The Balaban J connectivity index is 1.49. The third-order valence-electron chi connectivity index (χ3n) is 4.47. The van der Waals surface area contributed by atoms with Crippen molar-refractivity contribution < 1.29 is 31.5 Å². The molecule has 2 aromatic rings. The highest BCUT2D eigenvalue weighted by Gasteiger charge is 2.29. The van der Waals surface area contributed by atoms with Crippen molar-refractivity contribution in [1.82, 2.24) is 20.0 Å². The highest BCUT2D eigenvalue weighted by atomic mass is 19.4. The Morgan fingerprint density at radius 3 is 2.50 bits per heavy atom. The summed E-state index contributed by atoms with van der Waals surface area (Å²) in [6.45, 7) is 0.352. The maximum Gasteiger partial charge on any atom is 0.416 e. The number of alkyl halides is 5. The molecule has 2 heterocycles. The minimum Gasteiger partial charge on any atom is -0.343 e. The molecule has 160 valence electrons. The van der Waals surface area contributed by atoms with Crippen molar-refractivity contribution in [2.45, 2.75) is 25.7 Å². The van der Waals surface area contributed by atoms with E-state index in [4.69, 9.17) is 0 Å². The third-order valence-corrected chi connectivity index (χ3v) is 4.47. The fraction of sp³-hybridized carbons (Fsp3) is 0.316. The molecule has 0 spiro atoms. The average Bonchev–Trinajstić information content (AvgIpc) is 3.14. The van der Waals surface area contributed by atoms with Crippen LogP contribution in [0, 0.1) is 0 Å². The number of fused-ring (bicyclic) bond motifs is 1. The smallest absolute Gasteiger partial charge is 0.343 e. The Hall–Kier alpha value is -3.24. The van der Waals surface area contributed by atoms with Gasteiger partial charge in [0, 0.05) is 12.6 Å². The van der Waals surface area contributed by atoms with Crippen LogP contribution in [0.15, 0.2) is 36.4 Å². The first-order chi connectivity index (χ1) is 14.1. The van der Waals surface area contributed by atoms with Crippen molar-refractivity contribution >= 4 is 17.9 Å². The standard InChI is InChI=1S/C19H17F5N4O2/c20-18(21)15-9-14-11-27(7-8-28(14)26-15)17(30)10-25-16(29)6-3-12-1-4-13(5-2-12)19(22,23)24/h1-6,9,18H,7-8,10-11H2,(H,25,29)/b6-3+. The molecule has 1 aliphatic rings. The molecule has 0 saturated heterocycles. The second-order valence-corrected chi connectivity index (χ2v) is 6.57. The fourth-order valence-electron chi connectivity index (χ4n) is 2.90. The molecule has 1 aromatic carbocycles. The molecule has 2 amide bonds. The molecule has 0 unspecified atom stereocenters. The summed E-state index contributed by atoms with van der Waals surface area (Å²) in [5.74, 6) is -0.984. The van der Waals surface area contributed by atoms with Crippen LogP contribution < -0.4 is 5.32 Å². The topological polar surface area (TPSA) is 67.2 Å². The molecular formula is C19H17F5N4O2. The Morgan fingerprint density at radius 1 is 1.17 bits per heavy atom. The summed E-state index contributed by atoms with van der Waals surface area (Å²) in [6.07, 6.45) is -4.70. The largest absolute Gasteiger partial charge is 0.416 e. The molecule has 0 aliphatic carbocycles. The van der Waals surface area contributed by atoms with Gasteiger partial charge in [-0.25, -0.2) is 8.78 Å². The van der Waals surface area contributed by atoms with E-state index < -0.39 is 30.0 Å². The van der Waals surface area contributed by atoms with Crippen molar-refractivity contribution in [3.05, 3.63) is 58.9 Å². The van der Waals surface area contributed by atoms with Crippen LogP contribution in [0.4, 0.5) is 22.0 Å². The van der Waals surface area contributed by atoms with E-state index in [-0.39, 0.29) is 31.9 Å². The van der Waals surface area contributed by atoms with Crippen molar-refractivity contribution in [3.8, 4) is 0 Å². The molecule has 0 atom stereocenters. The van der Waals surface area contributed by atoms with Crippen molar-refractivity contribution in [3.63, 3.8) is 0 Å². The van der Waals surface area contributed by atoms with Gasteiger partial charge in [-0.15, -0.1) is 0 Å². The van der Waals surface area contributed by atoms with E-state index in [9.17, 15) is 31.5 Å². The van der Waals surface area contributed by atoms with Gasteiger partial charge in [0.05, 0.1) is 30.9 Å². The van der Waals surface area contributed by atoms with Crippen LogP contribution in [-0.4, -0.2) is 39.6 Å². The first kappa shape index (κ1) is 21.5. The molecule has 3 rings (SSSR count). The molecule has 1 N–H and O–H groups in total. The normalized spacial score (nSPS) is 14.3. The Labute approximate surface area is 168 Å². The molecule has 30 heavy (non-hydrogen) atoms. The number of carbonyl (C=O) groups is 2. The van der Waals surface area contributed by atoms with Gasteiger partial charge in [-0.05, 0) is 29.8 Å². The number of nitrogens with one attached hydrogen (secondary N) is 1. The van der Waals surface area contributed by atoms with Gasteiger partial charge in [0.1, 0.15) is 5.69 Å². The van der Waals surface area contributed by atoms with E-state index >= 15 is 0 Å². The maximum atomic E-state index is 12.7. The lowest BCUT2D eigenvalue weighted by atomic mass is 10.1. The van der Waals surface area contributed by atoms with Crippen LogP contribution in [0.25, 0.3) is 6.08 Å². The second kappa shape index (κ2) is 8.64. The monoisotopic (exact) mass is 428 g/mol. The first-order valence-corrected chi connectivity index (χ1v) is 8.89. The fourth-order valence-corrected chi connectivity index (χ4v) is 2.90. The van der Waals surface area contributed by atoms with Crippen LogP contribution in [0.3, 0.4) is 0 Å². The summed E-state index contributed by atoms with van der Waals surface area (Å²) in [5.41, 5.74) is -0.263. The van der Waals surface area contributed by atoms with E-state index in [1.807, 2.05) is 0 Å². The first-order valence-electron chi connectivity index (χ1n) is 8.89. The van der Waals surface area contributed by atoms with E-state index in [1.54, 1.807) is 0 Å². The Morgan fingerprint density at radius 2 is 1.87 bits per heavy atom. The molecule has 1 aliphatic heterocycles. The number of carbonyl (C=O) groups excluding carboxylic acids is 2. The third kappa shape index (κ3) is 5.22. The van der Waals surface area contributed by atoms with E-state index in [0.717, 1.165) is 18.2 Å². The number of amides is 2. The number of nitrogens with zero attached hydrogens (tertiary/aromatic N) is 3. The predicted molar refractivity (Wildman–Crippen MR) is 96.1 cm³/mol. The summed E-state index contributed by atoms with van der Waals surface area (Å²) >= 11 is 0. The highest BCUT2D eigenvalue weighted by molar-refractivity contribution is 5.94. The summed E-state index contributed by atoms with van der Waals surface area (Å²) in [4.78, 5) is 25.5. The van der Waals surface area contributed by atoms with Gasteiger partial charge >= 0.3 is 6.18 Å². The van der Waals surface area contributed by atoms with Crippen molar-refractivity contribution in [2.75, 3.05) is 13.1 Å². The van der Waals surface area contributed by atoms with Crippen LogP contribution >= 0.6 is 0 Å². The minimum absolute atomic E-state index is 0.107. The van der Waals surface area contributed by atoms with Crippen LogP contribution in [0.1, 0.15) is 28.9 Å². The van der Waals surface area contributed by atoms with Gasteiger partial charge in [-0.1, -0.05) is 12.1 Å². The lowest BCUT2D eigenvalue weighted by molar-refractivity contribution is -0.137. The Bertz CT molecular complexity index is 951. The molecule has 0 radical (unpaired) electrons. The van der Waals surface area contributed by atoms with Gasteiger partial charge in [0.25, 0.3) is 6.43 Å². The molecule has 0 bridgehead atoms. The number of hydrogen-bond acceptors (Lipinski definition) is 3. The SMILES string of the molecule is O=C(/C=C/c1ccc(C(F)(F)F)cc1)NCC(=O)N1CCn2nc(C(F)F)cc2C1. The minimum atomic E-state index is -4.44. The van der Waals surface area contributed by atoms with Crippen LogP contribution in [0.2, 0.25) is 0 Å². The molecule has 0 fully saturated rings. The number of hydrogen-bond donors (Lipinski definition) is 1. The number of rotatable bonds is 5. The summed E-state index contributed by atoms with van der Waals surface area (Å²) < 4.78 is 64.5. The molecule has 11 heteroatoms. The lowest BCUT2D eigenvalue weighted by Crippen LogP contribution is -2.43. The highest BCUT2D eigenvalue weighted by Crippen LogP contribution is 2.29. The van der Waals surface area contributed by atoms with Gasteiger partial charge in [-0.2, -0.15) is 18.3 Å². The molecule has 6 nitrogen and oxygen atoms in total. The molecule has 0 saturated carbocycles. The van der Waals surface area contributed by atoms with Gasteiger partial charge in [0.15, 0.2) is 0 Å². The van der Waals surface area contributed by atoms with Gasteiger partial charge < -0.3 is 10.2 Å². The number of aromatic nitrogens is 2. The zero-order valence-electron chi connectivity index (χ0n) is 15.5. The van der Waals surface area contributed by atoms with Crippen molar-refractivity contribution in [1.29, 1.82) is 0 Å². The van der Waals surface area contributed by atoms with E-state index in [1.165, 1.54) is 33.9 Å². The summed E-state index contributed by atoms with van der Waals surface area (Å²) in [7, 11) is 0. The quantitative estimate of drug-likeness (QED) is 0.588. The van der Waals surface area contributed by atoms with E-state index in [2.05, 4.69) is 10.4 Å². The van der Waals surface area contributed by atoms with Crippen molar-refractivity contribution in [2.24, 2.45) is 0 Å². The molecule has 1 aromatic heterocycles. The predicted octanol–water partition coefficient (Wildman–Crippen LogP) is 3.01. The summed E-state index contributed by atoms with van der Waals surface area (Å²) in [6, 6.07) is 5.50. The second-order valence-electron chi connectivity index (χ2n) is 6.57. The van der Waals surface area contributed by atoms with E-state index in [0.29, 0.717) is 11.3 Å². The summed E-state index contributed by atoms with van der Waals surface area (Å²) in [5, 5.41) is 6.17. The zero-order valence-corrected chi connectivity index (χ0v) is 15.5. The van der Waals surface area contributed by atoms with Gasteiger partial charge in [0.2, 0.25) is 11.8 Å². The maximum absolute atomic E-state index is 12.7. The number of benzene rings is 1. The lowest BCUT2D eigenvalue weighted by Gasteiger charge is -2.27. The van der Waals surface area contributed by atoms with Crippen LogP contribution in [-0.2, 0) is 28.9 Å².